The Hall–Kier alpha value is -1.07. The highest BCUT2D eigenvalue weighted by molar-refractivity contribution is 5.24. The zero-order valence-corrected chi connectivity index (χ0v) is 12.4. The van der Waals surface area contributed by atoms with Gasteiger partial charge in [-0.1, -0.05) is 18.6 Å². The first kappa shape index (κ1) is 16.3. The number of alkyl halides is 3. The highest BCUT2D eigenvalue weighted by Gasteiger charge is 2.29. The van der Waals surface area contributed by atoms with Crippen LogP contribution in [0.2, 0.25) is 0 Å². The molecule has 2 nitrogen and oxygen atoms in total. The number of likely N-dealkylation sites (tertiary alicyclic amines) is 1. The van der Waals surface area contributed by atoms with Gasteiger partial charge in [0.15, 0.2) is 0 Å². The van der Waals surface area contributed by atoms with Crippen molar-refractivity contribution in [3.05, 3.63) is 35.4 Å². The maximum Gasteiger partial charge on any atom is 0.416 e. The van der Waals surface area contributed by atoms with Crippen molar-refractivity contribution in [1.82, 2.24) is 10.2 Å². The SMILES string of the molecule is CN1CCCCC1CCNCc1ccc(C(F)(F)F)cc1. The summed E-state index contributed by atoms with van der Waals surface area (Å²) in [5, 5.41) is 3.32. The van der Waals surface area contributed by atoms with Crippen LogP contribution in [0.1, 0.15) is 36.8 Å². The second-order valence-electron chi connectivity index (χ2n) is 5.79. The van der Waals surface area contributed by atoms with E-state index in [1.54, 1.807) is 12.1 Å². The molecule has 0 aromatic heterocycles. The Morgan fingerprint density at radius 3 is 2.52 bits per heavy atom. The highest BCUT2D eigenvalue weighted by Crippen LogP contribution is 2.29. The molecule has 1 atom stereocenters. The van der Waals surface area contributed by atoms with E-state index >= 15 is 0 Å². The van der Waals surface area contributed by atoms with Gasteiger partial charge in [-0.25, -0.2) is 0 Å². The van der Waals surface area contributed by atoms with Crippen LogP contribution in [0.4, 0.5) is 13.2 Å². The number of hydrogen-bond acceptors (Lipinski definition) is 2. The summed E-state index contributed by atoms with van der Waals surface area (Å²) < 4.78 is 37.3. The lowest BCUT2D eigenvalue weighted by Gasteiger charge is -2.32. The van der Waals surface area contributed by atoms with Crippen LogP contribution in [-0.2, 0) is 12.7 Å². The zero-order valence-electron chi connectivity index (χ0n) is 12.4. The Balaban J connectivity index is 1.71. The Labute approximate surface area is 124 Å². The van der Waals surface area contributed by atoms with E-state index in [1.807, 2.05) is 0 Å². The molecule has 1 aliphatic rings. The fraction of sp³-hybridized carbons (Fsp3) is 0.625. The smallest absolute Gasteiger partial charge is 0.313 e. The molecule has 1 aromatic carbocycles. The number of halogens is 3. The first-order valence-corrected chi connectivity index (χ1v) is 7.54. The van der Waals surface area contributed by atoms with Gasteiger partial charge in [-0.05, 0) is 57.1 Å². The standard InChI is InChI=1S/C16H23F3N2/c1-21-11-3-2-4-15(21)9-10-20-12-13-5-7-14(8-6-13)16(17,18)19/h5-8,15,20H,2-4,9-12H2,1H3. The summed E-state index contributed by atoms with van der Waals surface area (Å²) in [7, 11) is 2.17. The molecule has 0 radical (unpaired) electrons. The maximum absolute atomic E-state index is 12.4. The van der Waals surface area contributed by atoms with Crippen LogP contribution in [0.3, 0.4) is 0 Å². The van der Waals surface area contributed by atoms with E-state index in [1.165, 1.54) is 25.8 Å². The summed E-state index contributed by atoms with van der Waals surface area (Å²) in [5.74, 6) is 0. The molecular weight excluding hydrogens is 277 g/mol. The third-order valence-corrected chi connectivity index (χ3v) is 4.19. The third kappa shape index (κ3) is 5.00. The molecule has 21 heavy (non-hydrogen) atoms. The predicted octanol–water partition coefficient (Wildman–Crippen LogP) is 3.67. The quantitative estimate of drug-likeness (QED) is 0.835. The van der Waals surface area contributed by atoms with Crippen molar-refractivity contribution in [1.29, 1.82) is 0 Å². The molecule has 1 unspecified atom stereocenters. The number of piperidine rings is 1. The van der Waals surface area contributed by atoms with Crippen molar-refractivity contribution in [2.24, 2.45) is 0 Å². The number of nitrogens with one attached hydrogen (secondary N) is 1. The van der Waals surface area contributed by atoms with Gasteiger partial charge in [-0.15, -0.1) is 0 Å². The Bertz CT molecular complexity index is 428. The van der Waals surface area contributed by atoms with E-state index in [0.717, 1.165) is 30.7 Å². The molecule has 0 amide bonds. The molecule has 0 spiro atoms. The van der Waals surface area contributed by atoms with Gasteiger partial charge in [0.1, 0.15) is 0 Å². The summed E-state index contributed by atoms with van der Waals surface area (Å²) in [6.07, 6.45) is 0.674. The lowest BCUT2D eigenvalue weighted by atomic mass is 10.0. The Morgan fingerprint density at radius 1 is 1.19 bits per heavy atom. The summed E-state index contributed by atoms with van der Waals surface area (Å²) in [4.78, 5) is 2.41. The second-order valence-corrected chi connectivity index (χ2v) is 5.79. The van der Waals surface area contributed by atoms with Crippen LogP contribution in [0, 0.1) is 0 Å². The van der Waals surface area contributed by atoms with Crippen molar-refractivity contribution in [3.8, 4) is 0 Å². The molecule has 0 aliphatic carbocycles. The molecule has 0 bridgehead atoms. The summed E-state index contributed by atoms with van der Waals surface area (Å²) in [5.41, 5.74) is 0.301. The largest absolute Gasteiger partial charge is 0.416 e. The fourth-order valence-corrected chi connectivity index (χ4v) is 2.82. The lowest BCUT2D eigenvalue weighted by molar-refractivity contribution is -0.137. The molecule has 2 rings (SSSR count). The van der Waals surface area contributed by atoms with Gasteiger partial charge >= 0.3 is 6.18 Å². The van der Waals surface area contributed by atoms with E-state index < -0.39 is 11.7 Å². The van der Waals surface area contributed by atoms with Crippen molar-refractivity contribution in [3.63, 3.8) is 0 Å². The van der Waals surface area contributed by atoms with Gasteiger partial charge in [-0.2, -0.15) is 13.2 Å². The first-order valence-electron chi connectivity index (χ1n) is 7.54. The highest BCUT2D eigenvalue weighted by atomic mass is 19.4. The number of benzene rings is 1. The minimum atomic E-state index is -4.25. The maximum atomic E-state index is 12.4. The predicted molar refractivity (Wildman–Crippen MR) is 78.0 cm³/mol. The molecule has 1 saturated heterocycles. The van der Waals surface area contributed by atoms with Crippen LogP contribution in [0.15, 0.2) is 24.3 Å². The van der Waals surface area contributed by atoms with Crippen LogP contribution in [-0.4, -0.2) is 31.1 Å². The van der Waals surface area contributed by atoms with Crippen molar-refractivity contribution in [2.75, 3.05) is 20.1 Å². The number of rotatable bonds is 5. The van der Waals surface area contributed by atoms with Crippen LogP contribution in [0.5, 0.6) is 0 Å². The van der Waals surface area contributed by atoms with Gasteiger partial charge in [0.05, 0.1) is 5.56 Å². The third-order valence-electron chi connectivity index (χ3n) is 4.19. The normalized spacial score (nSPS) is 20.7. The Kier molecular flexibility index (Phi) is 5.65. The average Bonchev–Trinajstić information content (AvgIpc) is 2.45. The van der Waals surface area contributed by atoms with Gasteiger partial charge < -0.3 is 10.2 Å². The Morgan fingerprint density at radius 2 is 1.90 bits per heavy atom. The van der Waals surface area contributed by atoms with E-state index in [-0.39, 0.29) is 0 Å². The lowest BCUT2D eigenvalue weighted by Crippen LogP contribution is -2.38. The van der Waals surface area contributed by atoms with Crippen LogP contribution >= 0.6 is 0 Å². The first-order chi connectivity index (χ1) is 9.97. The molecule has 1 N–H and O–H groups in total. The monoisotopic (exact) mass is 300 g/mol. The molecule has 118 valence electrons. The summed E-state index contributed by atoms with van der Waals surface area (Å²) >= 11 is 0. The topological polar surface area (TPSA) is 15.3 Å². The van der Waals surface area contributed by atoms with Gasteiger partial charge in [0.2, 0.25) is 0 Å². The zero-order chi connectivity index (χ0) is 15.3. The molecule has 5 heteroatoms. The molecule has 1 aromatic rings. The number of nitrogens with zero attached hydrogens (tertiary/aromatic N) is 1. The molecule has 0 saturated carbocycles. The number of hydrogen-bond donors (Lipinski definition) is 1. The fourth-order valence-electron chi connectivity index (χ4n) is 2.82. The summed E-state index contributed by atoms with van der Waals surface area (Å²) in [6.45, 7) is 2.69. The minimum Gasteiger partial charge on any atom is -0.313 e. The van der Waals surface area contributed by atoms with Crippen LogP contribution in [0.25, 0.3) is 0 Å². The van der Waals surface area contributed by atoms with Crippen molar-refractivity contribution in [2.45, 2.75) is 44.4 Å². The van der Waals surface area contributed by atoms with Gasteiger partial charge in [0.25, 0.3) is 0 Å². The minimum absolute atomic E-state index is 0.588. The molecular formula is C16H23F3N2. The second kappa shape index (κ2) is 7.27. The molecule has 1 aliphatic heterocycles. The van der Waals surface area contributed by atoms with E-state index in [2.05, 4.69) is 17.3 Å². The van der Waals surface area contributed by atoms with Crippen molar-refractivity contribution >= 4 is 0 Å². The van der Waals surface area contributed by atoms with Gasteiger partial charge in [0, 0.05) is 12.6 Å². The molecule has 1 heterocycles. The van der Waals surface area contributed by atoms with E-state index in [9.17, 15) is 13.2 Å². The van der Waals surface area contributed by atoms with Crippen LogP contribution < -0.4 is 5.32 Å². The summed E-state index contributed by atoms with van der Waals surface area (Å²) in [6, 6.07) is 6.02. The van der Waals surface area contributed by atoms with E-state index in [0.29, 0.717) is 12.6 Å². The average molecular weight is 300 g/mol. The molecule has 1 fully saturated rings. The van der Waals surface area contributed by atoms with Gasteiger partial charge in [-0.3, -0.25) is 0 Å². The van der Waals surface area contributed by atoms with E-state index in [4.69, 9.17) is 0 Å². The van der Waals surface area contributed by atoms with Crippen molar-refractivity contribution < 1.29 is 13.2 Å².